The van der Waals surface area contributed by atoms with E-state index in [2.05, 4.69) is 92.1 Å². The van der Waals surface area contributed by atoms with Gasteiger partial charge < -0.3 is 15.5 Å². The lowest BCUT2D eigenvalue weighted by Gasteiger charge is -2.19. The zero-order valence-corrected chi connectivity index (χ0v) is 32.6. The maximum atomic E-state index is 12.3. The normalized spacial score (nSPS) is 13.9. The monoisotopic (exact) mass is 694 g/mol. The Labute approximate surface area is 310 Å². The third-order valence-electron chi connectivity index (χ3n) is 8.86. The molecule has 0 aromatic heterocycles. The minimum absolute atomic E-state index is 0.134. The van der Waals surface area contributed by atoms with Crippen LogP contribution in [0.5, 0.6) is 0 Å². The number of amides is 1. The van der Waals surface area contributed by atoms with E-state index in [0.29, 0.717) is 6.42 Å². The first-order valence-electron chi connectivity index (χ1n) is 20.8. The minimum Gasteiger partial charge on any atom is -0.394 e. The van der Waals surface area contributed by atoms with Gasteiger partial charge in [0.15, 0.2) is 0 Å². The second-order valence-corrected chi connectivity index (χ2v) is 13.7. The number of aliphatic hydroxyl groups excluding tert-OH is 2. The van der Waals surface area contributed by atoms with Crippen molar-refractivity contribution in [3.8, 4) is 0 Å². The summed E-state index contributed by atoms with van der Waals surface area (Å²) in [5.41, 5.74) is 0. The number of aliphatic hydroxyl groups is 2. The zero-order chi connectivity index (χ0) is 36.4. The van der Waals surface area contributed by atoms with Crippen LogP contribution in [0.1, 0.15) is 181 Å². The molecule has 0 fully saturated rings. The molecule has 0 spiro atoms. The first-order valence-corrected chi connectivity index (χ1v) is 20.8. The van der Waals surface area contributed by atoms with Gasteiger partial charge in [-0.25, -0.2) is 0 Å². The first kappa shape index (κ1) is 47.6. The van der Waals surface area contributed by atoms with E-state index in [-0.39, 0.29) is 12.5 Å². The van der Waals surface area contributed by atoms with Crippen molar-refractivity contribution in [2.24, 2.45) is 0 Å². The Morgan fingerprint density at radius 2 is 0.900 bits per heavy atom. The maximum absolute atomic E-state index is 12.3. The molecule has 0 aliphatic rings. The molecule has 0 aliphatic heterocycles. The molecule has 3 N–H and O–H groups in total. The van der Waals surface area contributed by atoms with Crippen molar-refractivity contribution >= 4 is 5.91 Å². The molecule has 0 radical (unpaired) electrons. The van der Waals surface area contributed by atoms with Crippen molar-refractivity contribution in [1.82, 2.24) is 5.32 Å². The fraction of sp³-hybridized carbons (Fsp3) is 0.674. The van der Waals surface area contributed by atoms with Crippen molar-refractivity contribution in [3.05, 3.63) is 85.1 Å². The summed E-state index contributed by atoms with van der Waals surface area (Å²) in [6.45, 7) is 4.15. The molecule has 2 unspecified atom stereocenters. The Balaban J connectivity index is 3.75. The molecule has 2 atom stereocenters. The molecule has 0 aromatic carbocycles. The summed E-state index contributed by atoms with van der Waals surface area (Å²) in [7, 11) is 0. The number of unbranched alkanes of at least 4 members (excludes halogenated alkanes) is 17. The van der Waals surface area contributed by atoms with Crippen LogP contribution in [-0.2, 0) is 4.79 Å². The molecule has 0 bridgehead atoms. The van der Waals surface area contributed by atoms with Crippen molar-refractivity contribution < 1.29 is 15.0 Å². The summed E-state index contributed by atoms with van der Waals surface area (Å²) in [4.78, 5) is 12.3. The van der Waals surface area contributed by atoms with E-state index in [9.17, 15) is 15.0 Å². The van der Waals surface area contributed by atoms with E-state index < -0.39 is 12.1 Å². The van der Waals surface area contributed by atoms with Gasteiger partial charge in [-0.3, -0.25) is 4.79 Å². The largest absolute Gasteiger partial charge is 0.394 e. The van der Waals surface area contributed by atoms with Crippen molar-refractivity contribution in [3.63, 3.8) is 0 Å². The van der Waals surface area contributed by atoms with Crippen LogP contribution in [0.4, 0.5) is 0 Å². The number of allylic oxidation sites excluding steroid dienone is 13. The highest BCUT2D eigenvalue weighted by molar-refractivity contribution is 5.76. The van der Waals surface area contributed by atoms with Gasteiger partial charge in [0.25, 0.3) is 0 Å². The van der Waals surface area contributed by atoms with E-state index in [1.54, 1.807) is 6.08 Å². The van der Waals surface area contributed by atoms with Gasteiger partial charge in [0, 0.05) is 6.42 Å². The molecule has 50 heavy (non-hydrogen) atoms. The standard InChI is InChI=1S/C46H79NO3/c1-3-5-7-9-11-13-15-17-19-21-22-23-24-26-27-29-31-33-35-37-39-41-45(49)44(43-48)47-46(50)42-40-38-36-34-32-30-28-25-20-18-16-14-12-10-8-6-4-2/h6,8,12,14,18,20,28,30-31,33-34,36,39,41,44-45,48-49H,3-5,7,9-11,13,15-17,19,21-27,29,32,35,37-38,40,42-43H2,1-2H3,(H,47,50)/b8-6-,14-12-,20-18-,30-28-,33-31+,36-34-,41-39+. The van der Waals surface area contributed by atoms with Gasteiger partial charge in [-0.15, -0.1) is 0 Å². The Bertz CT molecular complexity index is 926. The summed E-state index contributed by atoms with van der Waals surface area (Å²) in [5, 5.41) is 22.9. The first-order chi connectivity index (χ1) is 24.7. The number of carbonyl (C=O) groups excluding carboxylic acids is 1. The fourth-order valence-electron chi connectivity index (χ4n) is 5.70. The zero-order valence-electron chi connectivity index (χ0n) is 32.6. The molecular formula is C46H79NO3. The number of hydrogen-bond acceptors (Lipinski definition) is 3. The van der Waals surface area contributed by atoms with Gasteiger partial charge in [0.2, 0.25) is 5.91 Å². The molecule has 286 valence electrons. The van der Waals surface area contributed by atoms with Gasteiger partial charge in [-0.2, -0.15) is 0 Å². The van der Waals surface area contributed by atoms with Crippen LogP contribution in [0.15, 0.2) is 85.1 Å². The van der Waals surface area contributed by atoms with Crippen molar-refractivity contribution in [1.29, 1.82) is 0 Å². The SMILES string of the molecule is CC/C=C\C/C=C\C/C=C\C/C=C\C/C=C\CCCC(=O)NC(CO)C(O)/C=C/CC/C=C/CCCCCCCCCCCCCCCCC. The molecule has 0 saturated carbocycles. The highest BCUT2D eigenvalue weighted by Gasteiger charge is 2.17. The summed E-state index contributed by atoms with van der Waals surface area (Å²) in [6, 6.07) is -0.673. The maximum Gasteiger partial charge on any atom is 0.220 e. The van der Waals surface area contributed by atoms with Crippen LogP contribution in [0, 0.1) is 0 Å². The van der Waals surface area contributed by atoms with Crippen LogP contribution in [0.2, 0.25) is 0 Å². The Morgan fingerprint density at radius 3 is 1.40 bits per heavy atom. The Kier molecular flexibility index (Phi) is 39.0. The van der Waals surface area contributed by atoms with Crippen LogP contribution >= 0.6 is 0 Å². The molecule has 0 heterocycles. The average molecular weight is 694 g/mol. The second-order valence-electron chi connectivity index (χ2n) is 13.7. The second kappa shape index (κ2) is 41.0. The number of carbonyl (C=O) groups is 1. The number of hydrogen-bond donors (Lipinski definition) is 3. The van der Waals surface area contributed by atoms with E-state index in [4.69, 9.17) is 0 Å². The molecule has 0 aliphatic carbocycles. The van der Waals surface area contributed by atoms with Gasteiger partial charge in [0.05, 0.1) is 18.8 Å². The Hall–Kier alpha value is -2.43. The van der Waals surface area contributed by atoms with Gasteiger partial charge in [-0.1, -0.05) is 189 Å². The third kappa shape index (κ3) is 36.8. The van der Waals surface area contributed by atoms with Gasteiger partial charge in [0.1, 0.15) is 0 Å². The fourth-order valence-corrected chi connectivity index (χ4v) is 5.70. The molecule has 0 aromatic rings. The summed E-state index contributed by atoms with van der Waals surface area (Å²) >= 11 is 0. The molecule has 0 rings (SSSR count). The van der Waals surface area contributed by atoms with Gasteiger partial charge >= 0.3 is 0 Å². The van der Waals surface area contributed by atoms with E-state index in [1.165, 1.54) is 96.3 Å². The smallest absolute Gasteiger partial charge is 0.220 e. The molecule has 4 nitrogen and oxygen atoms in total. The van der Waals surface area contributed by atoms with Crippen molar-refractivity contribution in [2.45, 2.75) is 193 Å². The topological polar surface area (TPSA) is 69.6 Å². The van der Waals surface area contributed by atoms with Crippen LogP contribution in [0.3, 0.4) is 0 Å². The van der Waals surface area contributed by atoms with Crippen LogP contribution in [-0.4, -0.2) is 34.9 Å². The highest BCUT2D eigenvalue weighted by atomic mass is 16.3. The summed E-state index contributed by atoms with van der Waals surface area (Å²) in [6.07, 6.45) is 59.8. The molecule has 4 heteroatoms. The van der Waals surface area contributed by atoms with Gasteiger partial charge in [-0.05, 0) is 70.6 Å². The number of rotatable bonds is 36. The minimum atomic E-state index is -0.890. The van der Waals surface area contributed by atoms with Crippen LogP contribution < -0.4 is 5.32 Å². The van der Waals surface area contributed by atoms with Crippen molar-refractivity contribution in [2.75, 3.05) is 6.61 Å². The third-order valence-corrected chi connectivity index (χ3v) is 8.86. The van der Waals surface area contributed by atoms with Crippen LogP contribution in [0.25, 0.3) is 0 Å². The van der Waals surface area contributed by atoms with E-state index in [1.807, 2.05) is 6.08 Å². The lowest BCUT2D eigenvalue weighted by atomic mass is 10.0. The molecule has 0 saturated heterocycles. The van der Waals surface area contributed by atoms with E-state index in [0.717, 1.165) is 64.2 Å². The lowest BCUT2D eigenvalue weighted by Crippen LogP contribution is -2.45. The predicted octanol–water partition coefficient (Wildman–Crippen LogP) is 12.9. The summed E-state index contributed by atoms with van der Waals surface area (Å²) in [5.74, 6) is -0.134. The average Bonchev–Trinajstić information content (AvgIpc) is 3.12. The highest BCUT2D eigenvalue weighted by Crippen LogP contribution is 2.14. The predicted molar refractivity (Wildman–Crippen MR) is 220 cm³/mol. The van der Waals surface area contributed by atoms with E-state index >= 15 is 0 Å². The molecular weight excluding hydrogens is 615 g/mol. The Morgan fingerprint density at radius 1 is 0.500 bits per heavy atom. The quantitative estimate of drug-likeness (QED) is 0.0452. The lowest BCUT2D eigenvalue weighted by molar-refractivity contribution is -0.122. The number of nitrogens with one attached hydrogen (secondary N) is 1. The summed E-state index contributed by atoms with van der Waals surface area (Å²) < 4.78 is 0. The molecule has 1 amide bonds.